The molecule has 0 radical (unpaired) electrons. The highest BCUT2D eigenvalue weighted by atomic mass is 79.9. The highest BCUT2D eigenvalue weighted by molar-refractivity contribution is 9.10. The topological polar surface area (TPSA) is 55.8 Å². The summed E-state index contributed by atoms with van der Waals surface area (Å²) >= 11 is 3.39. The molecule has 0 N–H and O–H groups in total. The van der Waals surface area contributed by atoms with Crippen molar-refractivity contribution in [3.63, 3.8) is 0 Å². The summed E-state index contributed by atoms with van der Waals surface area (Å²) in [4.78, 5) is 26.5. The summed E-state index contributed by atoms with van der Waals surface area (Å²) in [6.07, 6.45) is 0.632. The Morgan fingerprint density at radius 3 is 2.57 bits per heavy atom. The summed E-state index contributed by atoms with van der Waals surface area (Å²) in [5.41, 5.74) is -0.727. The molecule has 6 heteroatoms. The summed E-state index contributed by atoms with van der Waals surface area (Å²) < 4.78 is 12.3. The number of ketones is 1. The second kappa shape index (κ2) is 5.51. The maximum absolute atomic E-state index is 12.7. The number of carbonyl (C=O) groups excluding carboxylic acids is 2. The van der Waals surface area contributed by atoms with Crippen LogP contribution in [0.4, 0.5) is 4.79 Å². The van der Waals surface area contributed by atoms with Crippen LogP contribution in [-0.4, -0.2) is 41.1 Å². The van der Waals surface area contributed by atoms with Gasteiger partial charge < -0.3 is 14.4 Å². The number of nitrogens with zero attached hydrogens (tertiary/aromatic N) is 1. The van der Waals surface area contributed by atoms with Crippen molar-refractivity contribution in [1.29, 1.82) is 0 Å². The van der Waals surface area contributed by atoms with Gasteiger partial charge in [0, 0.05) is 30.4 Å². The van der Waals surface area contributed by atoms with Gasteiger partial charge in [-0.1, -0.05) is 15.9 Å². The average molecular weight is 382 g/mol. The van der Waals surface area contributed by atoms with Gasteiger partial charge in [0.25, 0.3) is 0 Å². The largest absolute Gasteiger partial charge is 0.478 e. The fourth-order valence-electron chi connectivity index (χ4n) is 2.98. The van der Waals surface area contributed by atoms with Crippen molar-refractivity contribution < 1.29 is 19.1 Å². The highest BCUT2D eigenvalue weighted by Crippen LogP contribution is 2.42. The van der Waals surface area contributed by atoms with Gasteiger partial charge >= 0.3 is 6.09 Å². The Morgan fingerprint density at radius 2 is 1.96 bits per heavy atom. The van der Waals surface area contributed by atoms with Crippen LogP contribution in [0.2, 0.25) is 0 Å². The number of fused-ring (bicyclic) bond motifs is 1. The molecule has 0 unspecified atom stereocenters. The number of hydrogen-bond donors (Lipinski definition) is 0. The molecular formula is C17H20BrNO4. The van der Waals surface area contributed by atoms with Crippen molar-refractivity contribution in [3.05, 3.63) is 28.2 Å². The minimum Gasteiger partial charge on any atom is -0.478 e. The van der Waals surface area contributed by atoms with Gasteiger partial charge in [-0.2, -0.15) is 0 Å². The lowest BCUT2D eigenvalue weighted by molar-refractivity contribution is -0.00474. The quantitative estimate of drug-likeness (QED) is 0.685. The zero-order valence-electron chi connectivity index (χ0n) is 13.5. The molecule has 3 rings (SSSR count). The molecule has 2 heterocycles. The van der Waals surface area contributed by atoms with Crippen LogP contribution in [0.1, 0.15) is 44.0 Å². The van der Waals surface area contributed by atoms with Crippen LogP contribution in [0, 0.1) is 0 Å². The van der Waals surface area contributed by atoms with Gasteiger partial charge in [-0.25, -0.2) is 4.79 Å². The Bertz CT molecular complexity index is 657. The zero-order chi connectivity index (χ0) is 16.8. The number of amides is 1. The van der Waals surface area contributed by atoms with Gasteiger partial charge in [-0.05, 0) is 39.0 Å². The molecule has 1 saturated heterocycles. The molecule has 1 fully saturated rings. The normalized spacial score (nSPS) is 19.5. The van der Waals surface area contributed by atoms with E-state index in [1.165, 1.54) is 0 Å². The van der Waals surface area contributed by atoms with Crippen LogP contribution in [0.3, 0.4) is 0 Å². The Balaban J connectivity index is 1.70. The monoisotopic (exact) mass is 381 g/mol. The lowest BCUT2D eigenvalue weighted by atomic mass is 9.86. The fraction of sp³-hybridized carbons (Fsp3) is 0.529. The van der Waals surface area contributed by atoms with Gasteiger partial charge in [0.2, 0.25) is 5.78 Å². The first-order valence-corrected chi connectivity index (χ1v) is 8.51. The summed E-state index contributed by atoms with van der Waals surface area (Å²) in [6.45, 7) is 6.43. The van der Waals surface area contributed by atoms with Crippen molar-refractivity contribution in [1.82, 2.24) is 4.90 Å². The molecule has 2 aliphatic heterocycles. The van der Waals surface area contributed by atoms with E-state index < -0.39 is 11.2 Å². The molecule has 0 atom stereocenters. The molecule has 2 aliphatic rings. The molecule has 0 saturated carbocycles. The minimum atomic E-state index is -0.832. The van der Waals surface area contributed by atoms with E-state index in [-0.39, 0.29) is 11.9 Å². The Labute approximate surface area is 144 Å². The van der Waals surface area contributed by atoms with E-state index in [0.717, 1.165) is 4.47 Å². The maximum Gasteiger partial charge on any atom is 0.410 e. The van der Waals surface area contributed by atoms with E-state index in [1.807, 2.05) is 32.9 Å². The van der Waals surface area contributed by atoms with Gasteiger partial charge in [0.05, 0.1) is 5.56 Å². The SMILES string of the molecule is CC(C)(C)OC(=O)N1CCC2(CC1)Oc1cc(Br)ccc1C2=O. The lowest BCUT2D eigenvalue weighted by Crippen LogP contribution is -2.52. The summed E-state index contributed by atoms with van der Waals surface area (Å²) in [6, 6.07) is 5.45. The molecule has 124 valence electrons. The number of ether oxygens (including phenoxy) is 2. The first kappa shape index (κ1) is 16.3. The number of carbonyl (C=O) groups is 2. The molecule has 0 aliphatic carbocycles. The Kier molecular flexibility index (Phi) is 3.91. The van der Waals surface area contributed by atoms with E-state index in [0.29, 0.717) is 37.2 Å². The predicted molar refractivity (Wildman–Crippen MR) is 88.9 cm³/mol. The van der Waals surface area contributed by atoms with Crippen LogP contribution in [0.25, 0.3) is 0 Å². The number of rotatable bonds is 0. The molecule has 23 heavy (non-hydrogen) atoms. The third-order valence-electron chi connectivity index (χ3n) is 4.13. The molecular weight excluding hydrogens is 362 g/mol. The number of Topliss-reactive ketones (excluding diaryl/α,β-unsaturated/α-hetero) is 1. The van der Waals surface area contributed by atoms with E-state index in [2.05, 4.69) is 15.9 Å². The fourth-order valence-corrected chi connectivity index (χ4v) is 3.32. The molecule has 1 aromatic carbocycles. The zero-order valence-corrected chi connectivity index (χ0v) is 15.1. The van der Waals surface area contributed by atoms with Crippen LogP contribution >= 0.6 is 15.9 Å². The number of hydrogen-bond acceptors (Lipinski definition) is 4. The van der Waals surface area contributed by atoms with Crippen molar-refractivity contribution >= 4 is 27.8 Å². The van der Waals surface area contributed by atoms with Crippen molar-refractivity contribution in [2.75, 3.05) is 13.1 Å². The molecule has 1 spiro atoms. The average Bonchev–Trinajstić information content (AvgIpc) is 2.70. The van der Waals surface area contributed by atoms with E-state index in [1.54, 1.807) is 11.0 Å². The molecule has 1 aromatic rings. The summed E-state index contributed by atoms with van der Waals surface area (Å²) in [5.74, 6) is 0.638. The van der Waals surface area contributed by atoms with Gasteiger partial charge in [-0.3, -0.25) is 4.79 Å². The first-order valence-electron chi connectivity index (χ1n) is 7.71. The van der Waals surface area contributed by atoms with E-state index >= 15 is 0 Å². The van der Waals surface area contributed by atoms with Gasteiger partial charge in [0.1, 0.15) is 11.4 Å². The maximum atomic E-state index is 12.7. The van der Waals surface area contributed by atoms with Gasteiger partial charge in [-0.15, -0.1) is 0 Å². The third kappa shape index (κ3) is 3.09. The van der Waals surface area contributed by atoms with E-state index in [9.17, 15) is 9.59 Å². The predicted octanol–water partition coefficient (Wildman–Crippen LogP) is 3.79. The molecule has 1 amide bonds. The van der Waals surface area contributed by atoms with Crippen LogP contribution < -0.4 is 4.74 Å². The number of piperidine rings is 1. The lowest BCUT2D eigenvalue weighted by Gasteiger charge is -2.37. The molecule has 5 nitrogen and oxygen atoms in total. The first-order chi connectivity index (χ1) is 10.7. The Hall–Kier alpha value is -1.56. The van der Waals surface area contributed by atoms with Crippen LogP contribution in [0.15, 0.2) is 22.7 Å². The van der Waals surface area contributed by atoms with Crippen LogP contribution in [-0.2, 0) is 4.74 Å². The summed E-state index contributed by atoms with van der Waals surface area (Å²) in [5, 5.41) is 0. The number of likely N-dealkylation sites (tertiary alicyclic amines) is 1. The van der Waals surface area contributed by atoms with Crippen molar-refractivity contribution in [3.8, 4) is 5.75 Å². The second-order valence-electron chi connectivity index (χ2n) is 7.03. The van der Waals surface area contributed by atoms with Crippen LogP contribution in [0.5, 0.6) is 5.75 Å². The van der Waals surface area contributed by atoms with Crippen molar-refractivity contribution in [2.45, 2.75) is 44.8 Å². The number of benzene rings is 1. The number of halogens is 1. The standard InChI is InChI=1S/C17H20BrNO4/c1-16(2,3)23-15(21)19-8-6-17(7-9-19)14(20)12-5-4-11(18)10-13(12)22-17/h4-5,10H,6-9H2,1-3H3. The highest BCUT2D eigenvalue weighted by Gasteiger charge is 2.50. The smallest absolute Gasteiger partial charge is 0.410 e. The molecule has 0 aromatic heterocycles. The Morgan fingerprint density at radius 1 is 1.30 bits per heavy atom. The van der Waals surface area contributed by atoms with E-state index in [4.69, 9.17) is 9.47 Å². The molecule has 0 bridgehead atoms. The third-order valence-corrected chi connectivity index (χ3v) is 4.62. The summed E-state index contributed by atoms with van der Waals surface area (Å²) in [7, 11) is 0. The van der Waals surface area contributed by atoms with Crippen molar-refractivity contribution in [2.24, 2.45) is 0 Å². The van der Waals surface area contributed by atoms with Gasteiger partial charge in [0.15, 0.2) is 5.60 Å². The second-order valence-corrected chi connectivity index (χ2v) is 7.95. The minimum absolute atomic E-state index is 0.0174.